The van der Waals surface area contributed by atoms with E-state index in [0.29, 0.717) is 12.0 Å². The van der Waals surface area contributed by atoms with Crippen molar-refractivity contribution >= 4 is 11.8 Å². The van der Waals surface area contributed by atoms with Crippen LogP contribution in [0, 0.1) is 5.92 Å². The van der Waals surface area contributed by atoms with Crippen LogP contribution < -0.4 is 5.32 Å². The molecule has 2 nitrogen and oxygen atoms in total. The van der Waals surface area contributed by atoms with Crippen LogP contribution >= 0.6 is 11.8 Å². The Balaban J connectivity index is 3.72. The number of hydrogen-bond acceptors (Lipinski definition) is 3. The zero-order chi connectivity index (χ0) is 10.1. The number of hydrogen-bond donors (Lipinski definition) is 1. The highest BCUT2D eigenvalue weighted by molar-refractivity contribution is 7.98. The Morgan fingerprint density at radius 1 is 1.46 bits per heavy atom. The molecule has 3 heteroatoms. The molecule has 0 aliphatic heterocycles. The molecule has 0 saturated heterocycles. The summed E-state index contributed by atoms with van der Waals surface area (Å²) in [6.07, 6.45) is 3.31. The van der Waals surface area contributed by atoms with Crippen LogP contribution in [0.3, 0.4) is 0 Å². The van der Waals surface area contributed by atoms with Gasteiger partial charge in [-0.05, 0) is 25.1 Å². The van der Waals surface area contributed by atoms with Gasteiger partial charge in [0.25, 0.3) is 0 Å². The van der Waals surface area contributed by atoms with Crippen LogP contribution in [0.1, 0.15) is 20.3 Å². The average Bonchev–Trinajstić information content (AvgIpc) is 2.14. The fourth-order valence-corrected chi connectivity index (χ4v) is 2.18. The molecule has 13 heavy (non-hydrogen) atoms. The van der Waals surface area contributed by atoms with E-state index in [1.54, 1.807) is 7.11 Å². The minimum Gasteiger partial charge on any atom is -0.385 e. The topological polar surface area (TPSA) is 21.3 Å². The SMILES string of the molecule is CCNC(CSC)C(C)CCOC. The van der Waals surface area contributed by atoms with Crippen molar-refractivity contribution in [2.45, 2.75) is 26.3 Å². The van der Waals surface area contributed by atoms with Gasteiger partial charge < -0.3 is 10.1 Å². The van der Waals surface area contributed by atoms with Gasteiger partial charge in [-0.15, -0.1) is 0 Å². The van der Waals surface area contributed by atoms with E-state index in [1.807, 2.05) is 11.8 Å². The third kappa shape index (κ3) is 6.36. The molecule has 0 fully saturated rings. The van der Waals surface area contributed by atoms with Gasteiger partial charge in [-0.1, -0.05) is 13.8 Å². The molecule has 0 radical (unpaired) electrons. The Morgan fingerprint density at radius 2 is 2.15 bits per heavy atom. The average molecular weight is 205 g/mol. The lowest BCUT2D eigenvalue weighted by atomic mass is 10.0. The molecule has 80 valence electrons. The summed E-state index contributed by atoms with van der Waals surface area (Å²) in [5, 5.41) is 3.52. The van der Waals surface area contributed by atoms with Crippen LogP contribution in [0.4, 0.5) is 0 Å². The molecule has 0 aromatic rings. The van der Waals surface area contributed by atoms with Gasteiger partial charge in [-0.25, -0.2) is 0 Å². The summed E-state index contributed by atoms with van der Waals surface area (Å²) >= 11 is 1.91. The summed E-state index contributed by atoms with van der Waals surface area (Å²) < 4.78 is 5.08. The zero-order valence-corrected chi connectivity index (χ0v) is 10.1. The smallest absolute Gasteiger partial charge is 0.0465 e. The maximum Gasteiger partial charge on any atom is 0.0465 e. The van der Waals surface area contributed by atoms with Gasteiger partial charge in [0.15, 0.2) is 0 Å². The number of rotatable bonds is 8. The van der Waals surface area contributed by atoms with Crippen molar-refractivity contribution in [1.82, 2.24) is 5.32 Å². The second-order valence-electron chi connectivity index (χ2n) is 3.38. The summed E-state index contributed by atoms with van der Waals surface area (Å²) in [5.41, 5.74) is 0. The molecule has 2 unspecified atom stereocenters. The van der Waals surface area contributed by atoms with Crippen molar-refractivity contribution in [1.29, 1.82) is 0 Å². The molecular formula is C10H23NOS. The van der Waals surface area contributed by atoms with Crippen LogP contribution in [0.2, 0.25) is 0 Å². The summed E-state index contributed by atoms with van der Waals surface area (Å²) in [6, 6.07) is 0.634. The maximum atomic E-state index is 5.08. The summed E-state index contributed by atoms with van der Waals surface area (Å²) in [5.74, 6) is 1.89. The van der Waals surface area contributed by atoms with E-state index in [-0.39, 0.29) is 0 Å². The number of ether oxygens (including phenoxy) is 1. The predicted molar refractivity (Wildman–Crippen MR) is 61.5 cm³/mol. The molecule has 0 aromatic carbocycles. The Morgan fingerprint density at radius 3 is 2.62 bits per heavy atom. The van der Waals surface area contributed by atoms with Crippen molar-refractivity contribution in [3.63, 3.8) is 0 Å². The van der Waals surface area contributed by atoms with Gasteiger partial charge in [0, 0.05) is 25.5 Å². The van der Waals surface area contributed by atoms with E-state index in [0.717, 1.165) is 19.6 Å². The minimum absolute atomic E-state index is 0.634. The van der Waals surface area contributed by atoms with Gasteiger partial charge in [0.1, 0.15) is 0 Å². The van der Waals surface area contributed by atoms with Gasteiger partial charge in [0.2, 0.25) is 0 Å². The van der Waals surface area contributed by atoms with Crippen molar-refractivity contribution in [3.05, 3.63) is 0 Å². The molecule has 0 rings (SSSR count). The largest absolute Gasteiger partial charge is 0.385 e. The highest BCUT2D eigenvalue weighted by Crippen LogP contribution is 2.12. The molecule has 0 aliphatic rings. The number of thioether (sulfide) groups is 1. The molecule has 2 atom stereocenters. The predicted octanol–water partition coefficient (Wildman–Crippen LogP) is 2.00. The lowest BCUT2D eigenvalue weighted by molar-refractivity contribution is 0.172. The molecule has 0 heterocycles. The van der Waals surface area contributed by atoms with Crippen LogP contribution in [0.15, 0.2) is 0 Å². The van der Waals surface area contributed by atoms with Gasteiger partial charge >= 0.3 is 0 Å². The van der Waals surface area contributed by atoms with E-state index in [9.17, 15) is 0 Å². The molecule has 0 amide bonds. The van der Waals surface area contributed by atoms with Crippen molar-refractivity contribution in [2.75, 3.05) is 32.3 Å². The molecule has 0 saturated carbocycles. The highest BCUT2D eigenvalue weighted by atomic mass is 32.2. The fourth-order valence-electron chi connectivity index (χ4n) is 1.37. The third-order valence-corrected chi connectivity index (χ3v) is 2.97. The Hall–Kier alpha value is 0.270. The molecule has 1 N–H and O–H groups in total. The highest BCUT2D eigenvalue weighted by Gasteiger charge is 2.14. The number of nitrogens with one attached hydrogen (secondary N) is 1. The fraction of sp³-hybridized carbons (Fsp3) is 1.00. The van der Waals surface area contributed by atoms with Gasteiger partial charge in [-0.2, -0.15) is 11.8 Å². The van der Waals surface area contributed by atoms with E-state index in [2.05, 4.69) is 25.4 Å². The normalized spacial score (nSPS) is 15.7. The maximum absolute atomic E-state index is 5.08. The molecular weight excluding hydrogens is 182 g/mol. The first kappa shape index (κ1) is 13.3. The van der Waals surface area contributed by atoms with E-state index in [4.69, 9.17) is 4.74 Å². The monoisotopic (exact) mass is 205 g/mol. The Bertz CT molecular complexity index is 105. The van der Waals surface area contributed by atoms with E-state index >= 15 is 0 Å². The molecule has 0 aromatic heterocycles. The second-order valence-corrected chi connectivity index (χ2v) is 4.29. The van der Waals surface area contributed by atoms with Crippen LogP contribution in [0.25, 0.3) is 0 Å². The lowest BCUT2D eigenvalue weighted by Gasteiger charge is -2.23. The van der Waals surface area contributed by atoms with E-state index in [1.165, 1.54) is 5.75 Å². The summed E-state index contributed by atoms with van der Waals surface area (Å²) in [6.45, 7) is 6.39. The molecule has 0 spiro atoms. The molecule has 0 aliphatic carbocycles. The van der Waals surface area contributed by atoms with E-state index < -0.39 is 0 Å². The third-order valence-electron chi connectivity index (χ3n) is 2.28. The van der Waals surface area contributed by atoms with Crippen LogP contribution in [0.5, 0.6) is 0 Å². The zero-order valence-electron chi connectivity index (χ0n) is 9.30. The Kier molecular flexibility index (Phi) is 9.03. The van der Waals surface area contributed by atoms with Gasteiger partial charge in [0.05, 0.1) is 0 Å². The lowest BCUT2D eigenvalue weighted by Crippen LogP contribution is -2.37. The van der Waals surface area contributed by atoms with Crippen LogP contribution in [-0.4, -0.2) is 38.3 Å². The quantitative estimate of drug-likeness (QED) is 0.655. The first-order valence-electron chi connectivity index (χ1n) is 4.97. The minimum atomic E-state index is 0.634. The Labute approximate surface area is 86.8 Å². The summed E-state index contributed by atoms with van der Waals surface area (Å²) in [4.78, 5) is 0. The first-order chi connectivity index (χ1) is 6.26. The molecule has 0 bridgehead atoms. The van der Waals surface area contributed by atoms with Crippen LogP contribution in [-0.2, 0) is 4.74 Å². The number of methoxy groups -OCH3 is 1. The van der Waals surface area contributed by atoms with Gasteiger partial charge in [-0.3, -0.25) is 0 Å². The van der Waals surface area contributed by atoms with Crippen molar-refractivity contribution in [2.24, 2.45) is 5.92 Å². The van der Waals surface area contributed by atoms with Crippen molar-refractivity contribution < 1.29 is 4.74 Å². The first-order valence-corrected chi connectivity index (χ1v) is 6.36. The summed E-state index contributed by atoms with van der Waals surface area (Å²) in [7, 11) is 1.77. The van der Waals surface area contributed by atoms with Crippen molar-refractivity contribution in [3.8, 4) is 0 Å². The standard InChI is InChI=1S/C10H23NOS/c1-5-11-10(8-13-4)9(2)6-7-12-3/h9-11H,5-8H2,1-4H3. The second kappa shape index (κ2) is 8.85.